The van der Waals surface area contributed by atoms with Crippen LogP contribution in [0.4, 0.5) is 0 Å². The first-order chi connectivity index (χ1) is 10.8. The van der Waals surface area contributed by atoms with Gasteiger partial charge >= 0.3 is 0 Å². The maximum Gasteiger partial charge on any atom is 0.291 e. The van der Waals surface area contributed by atoms with Crippen LogP contribution in [0.5, 0.6) is 5.75 Å². The van der Waals surface area contributed by atoms with E-state index < -0.39 is 5.91 Å². The monoisotopic (exact) mass is 295 g/mol. The van der Waals surface area contributed by atoms with Gasteiger partial charge in [0.25, 0.3) is 5.91 Å². The van der Waals surface area contributed by atoms with Crippen LogP contribution in [0.25, 0.3) is 11.0 Å². The number of benzene rings is 1. The highest BCUT2D eigenvalue weighted by atomic mass is 16.5. The standard InChI is InChI=1S/C15H13N5O2/c1-22-11-5-6-12-13(8-11)18-14(20-19-12)15(21)17-9-10-4-2-3-7-16-10/h2-8H,9H2,1H3,(H,17,21). The van der Waals surface area contributed by atoms with E-state index in [4.69, 9.17) is 4.74 Å². The Kier molecular flexibility index (Phi) is 3.86. The number of methoxy groups -OCH3 is 1. The molecule has 110 valence electrons. The van der Waals surface area contributed by atoms with Crippen molar-refractivity contribution >= 4 is 16.9 Å². The summed E-state index contributed by atoms with van der Waals surface area (Å²) < 4.78 is 5.13. The van der Waals surface area contributed by atoms with E-state index in [0.717, 1.165) is 5.69 Å². The van der Waals surface area contributed by atoms with Crippen molar-refractivity contribution in [3.8, 4) is 5.75 Å². The number of hydrogen-bond acceptors (Lipinski definition) is 6. The molecule has 22 heavy (non-hydrogen) atoms. The van der Waals surface area contributed by atoms with Crippen LogP contribution in [0.1, 0.15) is 16.3 Å². The van der Waals surface area contributed by atoms with Crippen LogP contribution >= 0.6 is 0 Å². The number of carbonyl (C=O) groups excluding carboxylic acids is 1. The summed E-state index contributed by atoms with van der Waals surface area (Å²) in [5.74, 6) is 0.257. The van der Waals surface area contributed by atoms with Crippen molar-refractivity contribution in [1.82, 2.24) is 25.5 Å². The Morgan fingerprint density at radius 1 is 1.18 bits per heavy atom. The molecule has 2 heterocycles. The summed E-state index contributed by atoms with van der Waals surface area (Å²) >= 11 is 0. The molecule has 0 aliphatic heterocycles. The normalized spacial score (nSPS) is 10.4. The van der Waals surface area contributed by atoms with Gasteiger partial charge in [0.1, 0.15) is 11.3 Å². The lowest BCUT2D eigenvalue weighted by molar-refractivity contribution is 0.0939. The van der Waals surface area contributed by atoms with Gasteiger partial charge in [0.2, 0.25) is 5.82 Å². The van der Waals surface area contributed by atoms with Crippen LogP contribution in [-0.2, 0) is 6.54 Å². The Morgan fingerprint density at radius 2 is 2.09 bits per heavy atom. The van der Waals surface area contributed by atoms with E-state index in [-0.39, 0.29) is 5.82 Å². The fraction of sp³-hybridized carbons (Fsp3) is 0.133. The number of nitrogens with zero attached hydrogens (tertiary/aromatic N) is 4. The van der Waals surface area contributed by atoms with Gasteiger partial charge < -0.3 is 10.1 Å². The zero-order valence-electron chi connectivity index (χ0n) is 11.9. The van der Waals surface area contributed by atoms with Crippen molar-refractivity contribution in [3.05, 3.63) is 54.1 Å². The maximum atomic E-state index is 12.1. The fourth-order valence-electron chi connectivity index (χ4n) is 1.89. The minimum atomic E-state index is -0.400. The third-order valence-corrected chi connectivity index (χ3v) is 3.02. The Hall–Kier alpha value is -3.09. The molecule has 0 spiro atoms. The van der Waals surface area contributed by atoms with E-state index >= 15 is 0 Å². The maximum absolute atomic E-state index is 12.1. The molecule has 2 aromatic heterocycles. The van der Waals surface area contributed by atoms with E-state index in [1.165, 1.54) is 0 Å². The minimum absolute atomic E-state index is 0.0108. The number of rotatable bonds is 4. The summed E-state index contributed by atoms with van der Waals surface area (Å²) in [6.07, 6.45) is 1.67. The lowest BCUT2D eigenvalue weighted by Gasteiger charge is -2.04. The summed E-state index contributed by atoms with van der Waals surface area (Å²) in [4.78, 5) is 20.4. The summed E-state index contributed by atoms with van der Waals surface area (Å²) in [5, 5.41) is 10.5. The van der Waals surface area contributed by atoms with Crippen LogP contribution in [-0.4, -0.2) is 33.2 Å². The Labute approximate surface area is 126 Å². The Balaban J connectivity index is 1.78. The third kappa shape index (κ3) is 2.98. The molecule has 0 atom stereocenters. The second-order valence-electron chi connectivity index (χ2n) is 4.49. The van der Waals surface area contributed by atoms with Gasteiger partial charge in [0.05, 0.1) is 24.9 Å². The van der Waals surface area contributed by atoms with Crippen LogP contribution < -0.4 is 10.1 Å². The minimum Gasteiger partial charge on any atom is -0.497 e. The second-order valence-corrected chi connectivity index (χ2v) is 4.49. The van der Waals surface area contributed by atoms with E-state index in [0.29, 0.717) is 23.3 Å². The SMILES string of the molecule is COc1ccc2nnc(C(=O)NCc3ccccn3)nc2c1. The number of amides is 1. The lowest BCUT2D eigenvalue weighted by atomic mass is 10.3. The van der Waals surface area contributed by atoms with Gasteiger partial charge in [-0.15, -0.1) is 10.2 Å². The van der Waals surface area contributed by atoms with Crippen molar-refractivity contribution in [3.63, 3.8) is 0 Å². The molecule has 0 unspecified atom stereocenters. The molecule has 7 heteroatoms. The fourth-order valence-corrected chi connectivity index (χ4v) is 1.89. The van der Waals surface area contributed by atoms with E-state index in [1.807, 2.05) is 18.2 Å². The molecule has 1 aromatic carbocycles. The van der Waals surface area contributed by atoms with E-state index in [9.17, 15) is 4.79 Å². The number of hydrogen-bond donors (Lipinski definition) is 1. The number of fused-ring (bicyclic) bond motifs is 1. The molecule has 0 saturated heterocycles. The third-order valence-electron chi connectivity index (χ3n) is 3.02. The molecular weight excluding hydrogens is 282 g/mol. The highest BCUT2D eigenvalue weighted by Crippen LogP contribution is 2.16. The Bertz CT molecular complexity index is 807. The molecule has 7 nitrogen and oxygen atoms in total. The zero-order valence-corrected chi connectivity index (χ0v) is 11.9. The van der Waals surface area contributed by atoms with Crippen LogP contribution in [0.2, 0.25) is 0 Å². The van der Waals surface area contributed by atoms with Crippen molar-refractivity contribution < 1.29 is 9.53 Å². The highest BCUT2D eigenvalue weighted by Gasteiger charge is 2.11. The molecule has 0 radical (unpaired) electrons. The van der Waals surface area contributed by atoms with Gasteiger partial charge in [-0.1, -0.05) is 6.07 Å². The van der Waals surface area contributed by atoms with Crippen molar-refractivity contribution in [1.29, 1.82) is 0 Å². The average Bonchev–Trinajstić information content (AvgIpc) is 2.59. The summed E-state index contributed by atoms with van der Waals surface area (Å²) in [7, 11) is 1.57. The van der Waals surface area contributed by atoms with Gasteiger partial charge in [-0.05, 0) is 24.3 Å². The van der Waals surface area contributed by atoms with Gasteiger partial charge in [0.15, 0.2) is 0 Å². The summed E-state index contributed by atoms with van der Waals surface area (Å²) in [6.45, 7) is 0.305. The Morgan fingerprint density at radius 3 is 2.86 bits per heavy atom. The first kappa shape index (κ1) is 13.9. The molecule has 1 amide bonds. The van der Waals surface area contributed by atoms with Gasteiger partial charge in [-0.2, -0.15) is 0 Å². The molecule has 0 aliphatic rings. The molecule has 3 aromatic rings. The quantitative estimate of drug-likeness (QED) is 0.781. The van der Waals surface area contributed by atoms with Crippen LogP contribution in [0.3, 0.4) is 0 Å². The predicted molar refractivity (Wildman–Crippen MR) is 79.3 cm³/mol. The molecule has 0 fully saturated rings. The first-order valence-corrected chi connectivity index (χ1v) is 6.63. The number of carbonyl (C=O) groups is 1. The first-order valence-electron chi connectivity index (χ1n) is 6.63. The second kappa shape index (κ2) is 6.13. The van der Waals surface area contributed by atoms with Crippen molar-refractivity contribution in [2.24, 2.45) is 0 Å². The number of pyridine rings is 1. The largest absolute Gasteiger partial charge is 0.497 e. The molecule has 0 saturated carbocycles. The average molecular weight is 295 g/mol. The molecule has 0 bridgehead atoms. The zero-order chi connectivity index (χ0) is 15.4. The predicted octanol–water partition coefficient (Wildman–Crippen LogP) is 1.36. The van der Waals surface area contributed by atoms with Gasteiger partial charge in [-0.3, -0.25) is 9.78 Å². The van der Waals surface area contributed by atoms with Gasteiger partial charge in [-0.25, -0.2) is 4.98 Å². The lowest BCUT2D eigenvalue weighted by Crippen LogP contribution is -2.25. The van der Waals surface area contributed by atoms with E-state index in [2.05, 4.69) is 25.5 Å². The van der Waals surface area contributed by atoms with Gasteiger partial charge in [0, 0.05) is 12.3 Å². The van der Waals surface area contributed by atoms with E-state index in [1.54, 1.807) is 31.5 Å². The highest BCUT2D eigenvalue weighted by molar-refractivity contribution is 5.91. The number of nitrogens with one attached hydrogen (secondary N) is 1. The molecule has 0 aliphatic carbocycles. The number of aromatic nitrogens is 4. The smallest absolute Gasteiger partial charge is 0.291 e. The molecule has 3 rings (SSSR count). The molecular formula is C15H13N5O2. The molecule has 1 N–H and O–H groups in total. The van der Waals surface area contributed by atoms with Crippen molar-refractivity contribution in [2.75, 3.05) is 7.11 Å². The number of ether oxygens (including phenoxy) is 1. The van der Waals surface area contributed by atoms with Crippen LogP contribution in [0, 0.1) is 0 Å². The van der Waals surface area contributed by atoms with Crippen LogP contribution in [0.15, 0.2) is 42.6 Å². The summed E-state index contributed by atoms with van der Waals surface area (Å²) in [5.41, 5.74) is 1.91. The summed E-state index contributed by atoms with van der Waals surface area (Å²) in [6, 6.07) is 10.7. The van der Waals surface area contributed by atoms with Crippen molar-refractivity contribution in [2.45, 2.75) is 6.54 Å². The topological polar surface area (TPSA) is 89.9 Å².